The van der Waals surface area contributed by atoms with Crippen LogP contribution in [0.15, 0.2) is 48.9 Å². The summed E-state index contributed by atoms with van der Waals surface area (Å²) in [5.41, 5.74) is 3.42. The summed E-state index contributed by atoms with van der Waals surface area (Å²) < 4.78 is 1.71. The molecular formula is C19H20N6O. The normalized spacial score (nSPS) is 13.9. The van der Waals surface area contributed by atoms with Crippen molar-refractivity contribution in [1.29, 1.82) is 0 Å². The quantitative estimate of drug-likeness (QED) is 0.738. The maximum atomic E-state index is 12.0. The van der Waals surface area contributed by atoms with Crippen molar-refractivity contribution in [3.63, 3.8) is 0 Å². The highest BCUT2D eigenvalue weighted by molar-refractivity contribution is 5.93. The summed E-state index contributed by atoms with van der Waals surface area (Å²) in [7, 11) is 1.85. The molecule has 0 atom stereocenters. The van der Waals surface area contributed by atoms with Gasteiger partial charge in [-0.15, -0.1) is 0 Å². The second kappa shape index (κ2) is 6.95. The molecule has 3 aromatic rings. The van der Waals surface area contributed by atoms with Crippen LogP contribution in [0.2, 0.25) is 0 Å². The van der Waals surface area contributed by atoms with E-state index < -0.39 is 0 Å². The van der Waals surface area contributed by atoms with Crippen LogP contribution in [0, 0.1) is 5.92 Å². The fourth-order valence-corrected chi connectivity index (χ4v) is 2.83. The zero-order valence-corrected chi connectivity index (χ0v) is 14.5. The zero-order chi connectivity index (χ0) is 17.9. The lowest BCUT2D eigenvalue weighted by atomic mass is 9.85. The molecule has 0 aliphatic heterocycles. The van der Waals surface area contributed by atoms with Gasteiger partial charge in [-0.25, -0.2) is 9.97 Å². The molecule has 2 heterocycles. The summed E-state index contributed by atoms with van der Waals surface area (Å²) in [6, 6.07) is 9.57. The largest absolute Gasteiger partial charge is 0.326 e. The molecule has 0 unspecified atom stereocenters. The van der Waals surface area contributed by atoms with Crippen LogP contribution in [-0.4, -0.2) is 25.7 Å². The van der Waals surface area contributed by atoms with Gasteiger partial charge in [-0.1, -0.05) is 18.6 Å². The average molecular weight is 348 g/mol. The Morgan fingerprint density at radius 3 is 2.62 bits per heavy atom. The summed E-state index contributed by atoms with van der Waals surface area (Å²) >= 11 is 0. The third-order valence-electron chi connectivity index (χ3n) is 4.54. The number of benzene rings is 1. The lowest BCUT2D eigenvalue weighted by Crippen LogP contribution is -2.27. The highest BCUT2D eigenvalue weighted by Crippen LogP contribution is 2.28. The summed E-state index contributed by atoms with van der Waals surface area (Å²) in [4.78, 5) is 20.8. The number of aromatic nitrogens is 4. The maximum Gasteiger partial charge on any atom is 0.227 e. The fraction of sp³-hybridized carbons (Fsp3) is 0.263. The maximum absolute atomic E-state index is 12.0. The van der Waals surface area contributed by atoms with Crippen LogP contribution in [0.3, 0.4) is 0 Å². The Balaban J connectivity index is 1.46. The fourth-order valence-electron chi connectivity index (χ4n) is 2.83. The van der Waals surface area contributed by atoms with Crippen molar-refractivity contribution >= 4 is 23.2 Å². The summed E-state index contributed by atoms with van der Waals surface area (Å²) in [5, 5.41) is 10.2. The Labute approximate surface area is 151 Å². The zero-order valence-electron chi connectivity index (χ0n) is 14.5. The predicted octanol–water partition coefficient (Wildman–Crippen LogP) is 3.36. The number of nitrogens with zero attached hydrogens (tertiary/aromatic N) is 4. The molecule has 132 valence electrons. The molecule has 7 nitrogen and oxygen atoms in total. The van der Waals surface area contributed by atoms with E-state index in [1.807, 2.05) is 43.6 Å². The molecule has 0 bridgehead atoms. The molecule has 2 aromatic heterocycles. The van der Waals surface area contributed by atoms with Gasteiger partial charge in [0.1, 0.15) is 0 Å². The molecule has 7 heteroatoms. The first-order chi connectivity index (χ1) is 12.7. The first-order valence-corrected chi connectivity index (χ1v) is 8.67. The number of hydrogen-bond acceptors (Lipinski definition) is 5. The average Bonchev–Trinajstić information content (AvgIpc) is 2.99. The highest BCUT2D eigenvalue weighted by Gasteiger charge is 2.25. The molecule has 2 N–H and O–H groups in total. The summed E-state index contributed by atoms with van der Waals surface area (Å²) in [6.45, 7) is 0. The van der Waals surface area contributed by atoms with E-state index in [4.69, 9.17) is 0 Å². The van der Waals surface area contributed by atoms with E-state index in [0.717, 1.165) is 41.9 Å². The first-order valence-electron chi connectivity index (χ1n) is 8.67. The number of hydrogen-bond donors (Lipinski definition) is 2. The molecule has 26 heavy (non-hydrogen) atoms. The second-order valence-corrected chi connectivity index (χ2v) is 6.49. The van der Waals surface area contributed by atoms with Gasteiger partial charge in [0.15, 0.2) is 0 Å². The molecule has 1 aromatic carbocycles. The summed E-state index contributed by atoms with van der Waals surface area (Å²) in [6.07, 6.45) is 8.44. The number of anilines is 3. The number of carbonyl (C=O) groups excluding carboxylic acids is 1. The summed E-state index contributed by atoms with van der Waals surface area (Å²) in [5.74, 6) is 0.810. The van der Waals surface area contributed by atoms with Crippen molar-refractivity contribution in [2.75, 3.05) is 10.6 Å². The lowest BCUT2D eigenvalue weighted by molar-refractivity contribution is -0.122. The van der Waals surface area contributed by atoms with E-state index in [-0.39, 0.29) is 11.8 Å². The number of carbonyl (C=O) groups is 1. The van der Waals surface area contributed by atoms with Crippen molar-refractivity contribution in [3.05, 3.63) is 48.9 Å². The van der Waals surface area contributed by atoms with E-state index in [9.17, 15) is 4.79 Å². The third-order valence-corrected chi connectivity index (χ3v) is 4.54. The van der Waals surface area contributed by atoms with E-state index in [2.05, 4.69) is 25.7 Å². The van der Waals surface area contributed by atoms with Gasteiger partial charge in [0.05, 0.1) is 17.6 Å². The Morgan fingerprint density at radius 2 is 1.96 bits per heavy atom. The van der Waals surface area contributed by atoms with Crippen LogP contribution in [0.25, 0.3) is 11.3 Å². The SMILES string of the molecule is Cn1cc(Nc2nccc(-c3ccc(NC(=O)C4CCC4)cc3)n2)cn1. The highest BCUT2D eigenvalue weighted by atomic mass is 16.1. The number of rotatable bonds is 5. The minimum Gasteiger partial charge on any atom is -0.326 e. The van der Waals surface area contributed by atoms with E-state index in [1.54, 1.807) is 17.1 Å². The van der Waals surface area contributed by atoms with Crippen LogP contribution in [0.5, 0.6) is 0 Å². The number of amides is 1. The topological polar surface area (TPSA) is 84.7 Å². The minimum atomic E-state index is 0.119. The molecular weight excluding hydrogens is 328 g/mol. The van der Waals surface area contributed by atoms with Crippen LogP contribution in [0.4, 0.5) is 17.3 Å². The van der Waals surface area contributed by atoms with Gasteiger partial charge in [-0.2, -0.15) is 5.10 Å². The Kier molecular flexibility index (Phi) is 4.35. The van der Waals surface area contributed by atoms with Crippen molar-refractivity contribution in [1.82, 2.24) is 19.7 Å². The van der Waals surface area contributed by atoms with Gasteiger partial charge < -0.3 is 10.6 Å². The van der Waals surface area contributed by atoms with Crippen molar-refractivity contribution < 1.29 is 4.79 Å². The van der Waals surface area contributed by atoms with Crippen LogP contribution in [-0.2, 0) is 11.8 Å². The predicted molar refractivity (Wildman–Crippen MR) is 99.9 cm³/mol. The van der Waals surface area contributed by atoms with E-state index in [1.165, 1.54) is 0 Å². The van der Waals surface area contributed by atoms with E-state index >= 15 is 0 Å². The van der Waals surface area contributed by atoms with E-state index in [0.29, 0.717) is 5.95 Å². The molecule has 4 rings (SSSR count). The van der Waals surface area contributed by atoms with Gasteiger partial charge in [0.25, 0.3) is 0 Å². The van der Waals surface area contributed by atoms with Crippen LogP contribution >= 0.6 is 0 Å². The molecule has 1 fully saturated rings. The van der Waals surface area contributed by atoms with Gasteiger partial charge in [0, 0.05) is 36.6 Å². The Morgan fingerprint density at radius 1 is 1.15 bits per heavy atom. The van der Waals surface area contributed by atoms with Crippen LogP contribution < -0.4 is 10.6 Å². The lowest BCUT2D eigenvalue weighted by Gasteiger charge is -2.24. The first kappa shape index (κ1) is 16.3. The van der Waals surface area contributed by atoms with Gasteiger partial charge in [-0.3, -0.25) is 9.48 Å². The molecule has 1 aliphatic carbocycles. The Hall–Kier alpha value is -3.22. The smallest absolute Gasteiger partial charge is 0.227 e. The minimum absolute atomic E-state index is 0.119. The number of nitrogens with one attached hydrogen (secondary N) is 2. The monoisotopic (exact) mass is 348 g/mol. The van der Waals surface area contributed by atoms with Crippen molar-refractivity contribution in [3.8, 4) is 11.3 Å². The Bertz CT molecular complexity index is 914. The van der Waals surface area contributed by atoms with Crippen molar-refractivity contribution in [2.45, 2.75) is 19.3 Å². The van der Waals surface area contributed by atoms with Crippen LogP contribution in [0.1, 0.15) is 19.3 Å². The van der Waals surface area contributed by atoms with Crippen molar-refractivity contribution in [2.24, 2.45) is 13.0 Å². The molecule has 1 aliphatic rings. The van der Waals surface area contributed by atoms with Gasteiger partial charge in [-0.05, 0) is 31.0 Å². The third kappa shape index (κ3) is 3.56. The van der Waals surface area contributed by atoms with Gasteiger partial charge in [0.2, 0.25) is 11.9 Å². The standard InChI is InChI=1S/C19H20N6O/c1-25-12-16(11-21-25)23-19-20-10-9-17(24-19)13-5-7-15(8-6-13)22-18(26)14-3-2-4-14/h5-12,14H,2-4H2,1H3,(H,22,26)(H,20,23,24). The molecule has 0 radical (unpaired) electrons. The van der Waals surface area contributed by atoms with Gasteiger partial charge >= 0.3 is 0 Å². The molecule has 0 spiro atoms. The number of aryl methyl sites for hydroxylation is 1. The second-order valence-electron chi connectivity index (χ2n) is 6.49. The molecule has 1 saturated carbocycles. The molecule has 1 amide bonds. The molecule has 0 saturated heterocycles.